The number of carboxylic acid groups (broad SMARTS) is 1. The molecule has 10 nitrogen and oxygen atoms in total. The monoisotopic (exact) mass is 588 g/mol. The SMILES string of the molecule is CCOC(=O)c1cn(C)c(=O)cc1Nc1ccc(F)cc1F.Cn1cc(C(=O)O)c(Nc2ccc(F)cc2F)cc1=O. The zero-order chi connectivity index (χ0) is 31.1. The van der Waals surface area contributed by atoms with Crippen LogP contribution in [-0.2, 0) is 18.8 Å². The molecule has 0 fully saturated rings. The highest BCUT2D eigenvalue weighted by molar-refractivity contribution is 5.96. The molecule has 14 heteroatoms. The number of hydrogen-bond acceptors (Lipinski definition) is 7. The van der Waals surface area contributed by atoms with E-state index in [1.165, 1.54) is 30.9 Å². The van der Waals surface area contributed by atoms with Crippen LogP contribution in [0.3, 0.4) is 0 Å². The molecule has 0 bridgehead atoms. The number of carbonyl (C=O) groups is 2. The topological polar surface area (TPSA) is 132 Å². The number of carbonyl (C=O) groups excluding carboxylic acids is 1. The fourth-order valence-corrected chi connectivity index (χ4v) is 3.48. The predicted octanol–water partition coefficient (Wildman–Crippen LogP) is 4.69. The summed E-state index contributed by atoms with van der Waals surface area (Å²) in [7, 11) is 2.88. The highest BCUT2D eigenvalue weighted by Crippen LogP contribution is 2.24. The number of nitrogens with one attached hydrogen (secondary N) is 2. The smallest absolute Gasteiger partial charge is 0.341 e. The molecular formula is C28H24F4N4O6. The minimum absolute atomic E-state index is 0.0554. The average molecular weight is 589 g/mol. The molecule has 0 aliphatic heterocycles. The molecule has 0 saturated heterocycles. The number of aromatic carboxylic acids is 1. The molecule has 42 heavy (non-hydrogen) atoms. The second-order valence-corrected chi connectivity index (χ2v) is 8.62. The molecule has 3 N–H and O–H groups in total. The van der Waals surface area contributed by atoms with E-state index in [0.29, 0.717) is 12.1 Å². The van der Waals surface area contributed by atoms with Crippen LogP contribution in [0.4, 0.5) is 40.3 Å². The first-order valence-corrected chi connectivity index (χ1v) is 12.1. The zero-order valence-electron chi connectivity index (χ0n) is 22.4. The van der Waals surface area contributed by atoms with E-state index in [4.69, 9.17) is 9.84 Å². The van der Waals surface area contributed by atoms with E-state index in [1.807, 2.05) is 0 Å². The maximum absolute atomic E-state index is 13.7. The molecule has 2 aromatic carbocycles. The molecular weight excluding hydrogens is 564 g/mol. The Morgan fingerprint density at radius 1 is 0.738 bits per heavy atom. The molecule has 0 aliphatic rings. The number of hydrogen-bond donors (Lipinski definition) is 3. The fraction of sp³-hybridized carbons (Fsp3) is 0.143. The second kappa shape index (κ2) is 13.3. The molecule has 0 unspecified atom stereocenters. The van der Waals surface area contributed by atoms with E-state index in [0.717, 1.165) is 41.1 Å². The van der Waals surface area contributed by atoms with E-state index in [1.54, 1.807) is 6.92 Å². The molecule has 0 aliphatic carbocycles. The van der Waals surface area contributed by atoms with Crippen molar-refractivity contribution in [1.29, 1.82) is 0 Å². The summed E-state index contributed by atoms with van der Waals surface area (Å²) in [6, 6.07) is 7.92. The molecule has 4 aromatic rings. The van der Waals surface area contributed by atoms with Crippen LogP contribution in [0.1, 0.15) is 27.6 Å². The Bertz CT molecular complexity index is 1770. The molecule has 0 atom stereocenters. The summed E-state index contributed by atoms with van der Waals surface area (Å²) in [6.07, 6.45) is 2.42. The Hall–Kier alpha value is -5.40. The average Bonchev–Trinajstić information content (AvgIpc) is 2.91. The zero-order valence-corrected chi connectivity index (χ0v) is 22.4. The van der Waals surface area contributed by atoms with Gasteiger partial charge in [-0.3, -0.25) is 9.59 Å². The first kappa shape index (κ1) is 31.1. The van der Waals surface area contributed by atoms with Gasteiger partial charge in [0.2, 0.25) is 0 Å². The molecule has 220 valence electrons. The van der Waals surface area contributed by atoms with E-state index in [2.05, 4.69) is 10.6 Å². The molecule has 2 aromatic heterocycles. The van der Waals surface area contributed by atoms with Crippen LogP contribution in [0.25, 0.3) is 0 Å². The standard InChI is InChI=1S/C15H14F2N2O3.C13H10F2N2O3/c1-3-22-15(21)10-8-19(2)14(20)7-13(10)18-12-5-4-9(16)6-11(12)17;1-17-6-8(13(19)20)11(5-12(17)18)16-10-3-2-7(14)4-9(10)15/h4-8,18H,3H2,1-2H3;2-6,16H,1H3,(H,19,20). The van der Waals surface area contributed by atoms with Gasteiger partial charge in [0.05, 0.1) is 40.5 Å². The van der Waals surface area contributed by atoms with Crippen molar-refractivity contribution >= 4 is 34.7 Å². The summed E-state index contributed by atoms with van der Waals surface area (Å²) in [6.45, 7) is 1.80. The number of pyridine rings is 2. The summed E-state index contributed by atoms with van der Waals surface area (Å²) in [5.74, 6) is -5.13. The van der Waals surface area contributed by atoms with Crippen LogP contribution in [0.2, 0.25) is 0 Å². The van der Waals surface area contributed by atoms with Crippen molar-refractivity contribution in [1.82, 2.24) is 9.13 Å². The third-order valence-electron chi connectivity index (χ3n) is 5.58. The number of rotatable bonds is 7. The molecule has 2 heterocycles. The van der Waals surface area contributed by atoms with Crippen molar-refractivity contribution in [2.45, 2.75) is 6.92 Å². The van der Waals surface area contributed by atoms with Crippen molar-refractivity contribution in [2.75, 3.05) is 17.2 Å². The van der Waals surface area contributed by atoms with Gasteiger partial charge in [-0.15, -0.1) is 0 Å². The van der Waals surface area contributed by atoms with Gasteiger partial charge >= 0.3 is 11.9 Å². The molecule has 0 amide bonds. The van der Waals surface area contributed by atoms with Gasteiger partial charge in [0.25, 0.3) is 11.1 Å². The summed E-state index contributed by atoms with van der Waals surface area (Å²) in [5.41, 5.74) is -1.12. The van der Waals surface area contributed by atoms with Gasteiger partial charge in [0, 0.05) is 50.8 Å². The molecule has 0 saturated carbocycles. The van der Waals surface area contributed by atoms with Crippen LogP contribution in [0.15, 0.2) is 70.5 Å². The number of esters is 1. The van der Waals surface area contributed by atoms with Crippen molar-refractivity contribution < 1.29 is 37.0 Å². The highest BCUT2D eigenvalue weighted by atomic mass is 19.1. The predicted molar refractivity (Wildman–Crippen MR) is 146 cm³/mol. The van der Waals surface area contributed by atoms with E-state index in [9.17, 15) is 36.7 Å². The maximum Gasteiger partial charge on any atom is 0.341 e. The summed E-state index contributed by atoms with van der Waals surface area (Å²) in [4.78, 5) is 46.3. The first-order chi connectivity index (χ1) is 19.8. The highest BCUT2D eigenvalue weighted by Gasteiger charge is 2.17. The molecule has 0 spiro atoms. The number of ether oxygens (including phenoxy) is 1. The number of anilines is 4. The number of nitrogens with zero attached hydrogens (tertiary/aromatic N) is 2. The van der Waals surface area contributed by atoms with Gasteiger partial charge < -0.3 is 29.6 Å². The lowest BCUT2D eigenvalue weighted by atomic mass is 10.2. The van der Waals surface area contributed by atoms with Gasteiger partial charge in [-0.1, -0.05) is 0 Å². The lowest BCUT2D eigenvalue weighted by Crippen LogP contribution is -2.20. The quantitative estimate of drug-likeness (QED) is 0.209. The van der Waals surface area contributed by atoms with E-state index in [-0.39, 0.29) is 40.5 Å². The molecule has 0 radical (unpaired) electrons. The van der Waals surface area contributed by atoms with Crippen LogP contribution in [-0.4, -0.2) is 32.8 Å². The van der Waals surface area contributed by atoms with Gasteiger partial charge in [0.1, 0.15) is 23.3 Å². The fourth-order valence-electron chi connectivity index (χ4n) is 3.48. The second-order valence-electron chi connectivity index (χ2n) is 8.62. The third kappa shape index (κ3) is 7.62. The van der Waals surface area contributed by atoms with Crippen molar-refractivity contribution in [2.24, 2.45) is 14.1 Å². The number of halogens is 4. The lowest BCUT2D eigenvalue weighted by Gasteiger charge is -2.13. The Balaban J connectivity index is 0.000000231. The Morgan fingerprint density at radius 3 is 1.57 bits per heavy atom. The summed E-state index contributed by atoms with van der Waals surface area (Å²) in [5, 5.41) is 14.2. The van der Waals surface area contributed by atoms with Crippen LogP contribution in [0.5, 0.6) is 0 Å². The summed E-state index contributed by atoms with van der Waals surface area (Å²) >= 11 is 0. The van der Waals surface area contributed by atoms with Crippen LogP contribution < -0.4 is 21.8 Å². The largest absolute Gasteiger partial charge is 0.478 e. The number of benzene rings is 2. The Kier molecular flexibility index (Phi) is 9.86. The minimum Gasteiger partial charge on any atom is -0.478 e. The van der Waals surface area contributed by atoms with Crippen molar-refractivity contribution in [3.63, 3.8) is 0 Å². The third-order valence-corrected chi connectivity index (χ3v) is 5.58. The number of aryl methyl sites for hydroxylation is 2. The number of carboxylic acids is 1. The normalized spacial score (nSPS) is 10.4. The van der Waals surface area contributed by atoms with Crippen molar-refractivity contribution in [3.8, 4) is 0 Å². The summed E-state index contributed by atoms with van der Waals surface area (Å²) < 4.78 is 60.1. The Morgan fingerprint density at radius 2 is 1.17 bits per heavy atom. The number of aromatic nitrogens is 2. The molecule has 4 rings (SSSR count). The van der Waals surface area contributed by atoms with Crippen LogP contribution in [0, 0.1) is 23.3 Å². The van der Waals surface area contributed by atoms with Gasteiger partial charge in [-0.2, -0.15) is 0 Å². The van der Waals surface area contributed by atoms with Crippen molar-refractivity contribution in [3.05, 3.63) is 116 Å². The van der Waals surface area contributed by atoms with Crippen LogP contribution >= 0.6 is 0 Å². The maximum atomic E-state index is 13.7. The lowest BCUT2D eigenvalue weighted by molar-refractivity contribution is 0.0526. The first-order valence-electron chi connectivity index (χ1n) is 12.1. The van der Waals surface area contributed by atoms with Gasteiger partial charge in [-0.25, -0.2) is 27.2 Å². The van der Waals surface area contributed by atoms with E-state index >= 15 is 0 Å². The van der Waals surface area contributed by atoms with Gasteiger partial charge in [0.15, 0.2) is 0 Å². The van der Waals surface area contributed by atoms with Gasteiger partial charge in [-0.05, 0) is 31.2 Å². The Labute approximate surface area is 235 Å². The minimum atomic E-state index is -1.27. The van der Waals surface area contributed by atoms with E-state index < -0.39 is 46.3 Å².